The summed E-state index contributed by atoms with van der Waals surface area (Å²) >= 11 is 1.35. The van der Waals surface area contributed by atoms with Crippen LogP contribution in [0.3, 0.4) is 0 Å². The summed E-state index contributed by atoms with van der Waals surface area (Å²) in [6.45, 7) is 0.296. The Kier molecular flexibility index (Phi) is 5.97. The molecule has 4 aromatic carbocycles. The van der Waals surface area contributed by atoms with E-state index in [9.17, 15) is 9.59 Å². The van der Waals surface area contributed by atoms with Crippen molar-refractivity contribution < 1.29 is 14.7 Å². The number of aliphatic imine (C=N–C) groups is 1. The molecule has 5 nitrogen and oxygen atoms in total. The third-order valence-electron chi connectivity index (χ3n) is 5.52. The molecular formula is C28H20N2O3S. The van der Waals surface area contributed by atoms with Crippen molar-refractivity contribution in [3.63, 3.8) is 0 Å². The monoisotopic (exact) mass is 464 g/mol. The maximum Gasteiger partial charge on any atom is 0.335 e. The van der Waals surface area contributed by atoms with Gasteiger partial charge in [0.25, 0.3) is 5.91 Å². The lowest BCUT2D eigenvalue weighted by Crippen LogP contribution is -2.28. The van der Waals surface area contributed by atoms with Crippen LogP contribution in [0.25, 0.3) is 16.8 Å². The van der Waals surface area contributed by atoms with E-state index in [1.807, 2.05) is 66.7 Å². The predicted octanol–water partition coefficient (Wildman–Crippen LogP) is 6.34. The number of hydrogen-bond donors (Lipinski definition) is 1. The lowest BCUT2D eigenvalue weighted by Gasteiger charge is -2.16. The zero-order valence-electron chi connectivity index (χ0n) is 18.1. The third kappa shape index (κ3) is 4.49. The van der Waals surface area contributed by atoms with Gasteiger partial charge in [0.15, 0.2) is 5.17 Å². The second-order valence-corrected chi connectivity index (χ2v) is 8.81. The topological polar surface area (TPSA) is 70.0 Å². The maximum absolute atomic E-state index is 13.5. The van der Waals surface area contributed by atoms with E-state index < -0.39 is 5.97 Å². The van der Waals surface area contributed by atoms with Gasteiger partial charge >= 0.3 is 5.97 Å². The first kappa shape index (κ1) is 21.7. The summed E-state index contributed by atoms with van der Waals surface area (Å²) in [6.07, 6.45) is 1.92. The molecule has 166 valence electrons. The third-order valence-corrected chi connectivity index (χ3v) is 6.53. The van der Waals surface area contributed by atoms with Gasteiger partial charge in [-0.25, -0.2) is 9.79 Å². The average Bonchev–Trinajstić information content (AvgIpc) is 3.14. The van der Waals surface area contributed by atoms with Crippen LogP contribution in [-0.4, -0.2) is 27.1 Å². The fourth-order valence-electron chi connectivity index (χ4n) is 3.80. The van der Waals surface area contributed by atoms with Crippen LogP contribution in [0, 0.1) is 0 Å². The normalized spacial score (nSPS) is 16.0. The minimum Gasteiger partial charge on any atom is -0.478 e. The Labute approximate surface area is 201 Å². The lowest BCUT2D eigenvalue weighted by atomic mass is 10.0. The van der Waals surface area contributed by atoms with E-state index in [1.54, 1.807) is 29.2 Å². The zero-order chi connectivity index (χ0) is 23.5. The van der Waals surface area contributed by atoms with E-state index in [2.05, 4.69) is 12.1 Å². The number of thioether (sulfide) groups is 1. The van der Waals surface area contributed by atoms with Crippen LogP contribution in [0.5, 0.6) is 0 Å². The van der Waals surface area contributed by atoms with Crippen molar-refractivity contribution in [3.05, 3.63) is 119 Å². The highest BCUT2D eigenvalue weighted by atomic mass is 32.2. The molecule has 1 saturated heterocycles. The molecule has 1 fully saturated rings. The number of carboxylic acid groups (broad SMARTS) is 1. The van der Waals surface area contributed by atoms with E-state index in [1.165, 1.54) is 11.8 Å². The Bertz CT molecular complexity index is 1440. The molecule has 34 heavy (non-hydrogen) atoms. The van der Waals surface area contributed by atoms with Gasteiger partial charge in [0.05, 0.1) is 22.7 Å². The van der Waals surface area contributed by atoms with Crippen molar-refractivity contribution in [2.45, 2.75) is 6.54 Å². The first-order valence-electron chi connectivity index (χ1n) is 10.7. The molecule has 0 aliphatic carbocycles. The van der Waals surface area contributed by atoms with E-state index in [-0.39, 0.29) is 11.5 Å². The van der Waals surface area contributed by atoms with Crippen LogP contribution < -0.4 is 0 Å². The highest BCUT2D eigenvalue weighted by molar-refractivity contribution is 8.18. The number of carbonyl (C=O) groups excluding carboxylic acids is 1. The molecule has 1 aliphatic heterocycles. The average molecular weight is 465 g/mol. The van der Waals surface area contributed by atoms with Crippen LogP contribution in [0.4, 0.5) is 5.69 Å². The predicted molar refractivity (Wildman–Crippen MR) is 137 cm³/mol. The molecule has 4 aromatic rings. The van der Waals surface area contributed by atoms with Crippen molar-refractivity contribution in [1.29, 1.82) is 0 Å². The van der Waals surface area contributed by atoms with Gasteiger partial charge in [-0.1, -0.05) is 72.8 Å². The fraction of sp³-hybridized carbons (Fsp3) is 0.0357. The van der Waals surface area contributed by atoms with Crippen molar-refractivity contribution in [2.75, 3.05) is 0 Å². The fourth-order valence-corrected chi connectivity index (χ4v) is 4.79. The molecule has 0 radical (unpaired) electrons. The molecule has 5 rings (SSSR count). The molecule has 1 heterocycles. The Morgan fingerprint density at radius 2 is 1.59 bits per heavy atom. The molecule has 0 atom stereocenters. The second-order valence-electron chi connectivity index (χ2n) is 7.80. The molecule has 0 unspecified atom stereocenters. The number of carbonyl (C=O) groups is 2. The molecule has 1 N–H and O–H groups in total. The van der Waals surface area contributed by atoms with Crippen LogP contribution in [0.15, 0.2) is 107 Å². The summed E-state index contributed by atoms with van der Waals surface area (Å²) in [7, 11) is 0. The van der Waals surface area contributed by atoms with Crippen LogP contribution in [-0.2, 0) is 11.3 Å². The summed E-state index contributed by atoms with van der Waals surface area (Å²) in [5, 5.41) is 11.9. The summed E-state index contributed by atoms with van der Waals surface area (Å²) in [4.78, 5) is 31.6. The number of carboxylic acids is 1. The lowest BCUT2D eigenvalue weighted by molar-refractivity contribution is -0.122. The van der Waals surface area contributed by atoms with Gasteiger partial charge in [-0.2, -0.15) is 0 Å². The minimum absolute atomic E-state index is 0.130. The Balaban J connectivity index is 1.52. The molecule has 1 aliphatic rings. The van der Waals surface area contributed by atoms with E-state index in [0.717, 1.165) is 27.6 Å². The Morgan fingerprint density at radius 3 is 2.35 bits per heavy atom. The van der Waals surface area contributed by atoms with Crippen molar-refractivity contribution in [2.24, 2.45) is 4.99 Å². The van der Waals surface area contributed by atoms with E-state index in [0.29, 0.717) is 16.6 Å². The number of benzene rings is 4. The highest BCUT2D eigenvalue weighted by Gasteiger charge is 2.33. The number of fused-ring (bicyclic) bond motifs is 1. The SMILES string of the molecule is O=C(O)c1ccc(CN2C(=O)/C(=C/c3cccc4ccccc34)SC2=Nc2ccccc2)cc1. The molecule has 1 amide bonds. The molecule has 0 spiro atoms. The van der Waals surface area contributed by atoms with Gasteiger partial charge in [-0.15, -0.1) is 0 Å². The Morgan fingerprint density at radius 1 is 0.882 bits per heavy atom. The van der Waals surface area contributed by atoms with Crippen molar-refractivity contribution in [1.82, 2.24) is 4.90 Å². The van der Waals surface area contributed by atoms with Crippen LogP contribution in [0.2, 0.25) is 0 Å². The zero-order valence-corrected chi connectivity index (χ0v) is 18.9. The molecule has 0 aromatic heterocycles. The van der Waals surface area contributed by atoms with Gasteiger partial charge in [-0.05, 0) is 64.0 Å². The van der Waals surface area contributed by atoms with Crippen molar-refractivity contribution in [3.8, 4) is 0 Å². The number of hydrogen-bond acceptors (Lipinski definition) is 4. The molecule has 0 bridgehead atoms. The Hall–Kier alpha value is -4.16. The number of rotatable bonds is 5. The van der Waals surface area contributed by atoms with E-state index in [4.69, 9.17) is 10.1 Å². The van der Waals surface area contributed by atoms with Gasteiger partial charge in [0.2, 0.25) is 0 Å². The molecule has 6 heteroatoms. The van der Waals surface area contributed by atoms with E-state index >= 15 is 0 Å². The number of nitrogens with zero attached hydrogens (tertiary/aromatic N) is 2. The quantitative estimate of drug-likeness (QED) is 0.350. The minimum atomic E-state index is -0.981. The summed E-state index contributed by atoms with van der Waals surface area (Å²) in [6, 6.07) is 30.2. The highest BCUT2D eigenvalue weighted by Crippen LogP contribution is 2.36. The second kappa shape index (κ2) is 9.37. The maximum atomic E-state index is 13.5. The first-order chi connectivity index (χ1) is 16.6. The number of amides is 1. The number of para-hydroxylation sites is 1. The smallest absolute Gasteiger partial charge is 0.335 e. The standard InChI is InChI=1S/C28H20N2O3S/c31-26-25(17-22-9-6-8-20-7-4-5-12-24(20)22)34-28(29-23-10-2-1-3-11-23)30(26)18-19-13-15-21(16-14-19)27(32)33/h1-17H,18H2,(H,32,33)/b25-17-,29-28?. The number of amidine groups is 1. The van der Waals surface area contributed by atoms with Crippen LogP contribution in [0.1, 0.15) is 21.5 Å². The number of aromatic carboxylic acids is 1. The van der Waals surface area contributed by atoms with Crippen molar-refractivity contribution >= 4 is 51.3 Å². The molecule has 0 saturated carbocycles. The van der Waals surface area contributed by atoms with Gasteiger partial charge in [0.1, 0.15) is 0 Å². The van der Waals surface area contributed by atoms with Gasteiger partial charge < -0.3 is 5.11 Å². The largest absolute Gasteiger partial charge is 0.478 e. The molecular weight excluding hydrogens is 444 g/mol. The van der Waals surface area contributed by atoms with Gasteiger partial charge in [0, 0.05) is 0 Å². The van der Waals surface area contributed by atoms with Gasteiger partial charge in [-0.3, -0.25) is 9.69 Å². The van der Waals surface area contributed by atoms with Crippen LogP contribution >= 0.6 is 11.8 Å². The first-order valence-corrected chi connectivity index (χ1v) is 11.6. The summed E-state index contributed by atoms with van der Waals surface area (Å²) < 4.78 is 0. The summed E-state index contributed by atoms with van der Waals surface area (Å²) in [5.41, 5.74) is 2.77. The summed E-state index contributed by atoms with van der Waals surface area (Å²) in [5.74, 6) is -1.11.